The lowest BCUT2D eigenvalue weighted by Crippen LogP contribution is -2.11. The number of hydrogen-bond acceptors (Lipinski definition) is 3. The zero-order valence-electron chi connectivity index (χ0n) is 9.80. The van der Waals surface area contributed by atoms with E-state index in [1.807, 2.05) is 6.07 Å². The van der Waals surface area contributed by atoms with Crippen LogP contribution < -0.4 is 10.5 Å². The van der Waals surface area contributed by atoms with Gasteiger partial charge in [-0.05, 0) is 52.3 Å². The minimum atomic E-state index is -0.524. The van der Waals surface area contributed by atoms with Crippen molar-refractivity contribution in [3.63, 3.8) is 0 Å². The molecule has 0 fully saturated rings. The predicted octanol–water partition coefficient (Wildman–Crippen LogP) is 2.77. The van der Waals surface area contributed by atoms with Gasteiger partial charge in [0.05, 0.1) is 5.56 Å². The summed E-state index contributed by atoms with van der Waals surface area (Å²) in [4.78, 5) is 22.8. The molecule has 0 aromatic heterocycles. The zero-order valence-corrected chi connectivity index (χ0v) is 11.4. The van der Waals surface area contributed by atoms with Crippen LogP contribution in [0.1, 0.15) is 20.7 Å². The van der Waals surface area contributed by atoms with Crippen molar-refractivity contribution in [3.05, 3.63) is 64.1 Å². The normalized spacial score (nSPS) is 9.95. The fourth-order valence-corrected chi connectivity index (χ4v) is 1.92. The quantitative estimate of drug-likeness (QED) is 0.698. The Morgan fingerprint density at radius 3 is 2.21 bits per heavy atom. The van der Waals surface area contributed by atoms with Gasteiger partial charge in [-0.15, -0.1) is 0 Å². The summed E-state index contributed by atoms with van der Waals surface area (Å²) in [6, 6.07) is 13.0. The topological polar surface area (TPSA) is 69.4 Å². The second kappa shape index (κ2) is 5.67. The number of rotatable bonds is 3. The number of primary amides is 1. The molecule has 0 aliphatic carbocycles. The molecule has 0 unspecified atom stereocenters. The van der Waals surface area contributed by atoms with Crippen LogP contribution in [0.15, 0.2) is 53.0 Å². The van der Waals surface area contributed by atoms with Crippen LogP contribution >= 0.6 is 15.9 Å². The highest BCUT2D eigenvalue weighted by Crippen LogP contribution is 2.19. The Morgan fingerprint density at radius 2 is 1.63 bits per heavy atom. The van der Waals surface area contributed by atoms with Crippen molar-refractivity contribution >= 4 is 27.8 Å². The van der Waals surface area contributed by atoms with Crippen molar-refractivity contribution in [1.29, 1.82) is 0 Å². The maximum absolute atomic E-state index is 11.9. The lowest BCUT2D eigenvalue weighted by molar-refractivity contribution is 0.0733. The van der Waals surface area contributed by atoms with E-state index >= 15 is 0 Å². The third kappa shape index (κ3) is 3.20. The predicted molar refractivity (Wildman–Crippen MR) is 74.1 cm³/mol. The average molecular weight is 320 g/mol. The molecule has 0 bridgehead atoms. The molecule has 2 N–H and O–H groups in total. The Morgan fingerprint density at radius 1 is 1.00 bits per heavy atom. The van der Waals surface area contributed by atoms with Gasteiger partial charge in [0.1, 0.15) is 5.75 Å². The highest BCUT2D eigenvalue weighted by molar-refractivity contribution is 9.10. The van der Waals surface area contributed by atoms with Gasteiger partial charge in [0, 0.05) is 10.0 Å². The molecule has 0 atom stereocenters. The number of carbonyl (C=O) groups excluding carboxylic acids is 2. The van der Waals surface area contributed by atoms with Gasteiger partial charge in [-0.3, -0.25) is 4.79 Å². The van der Waals surface area contributed by atoms with Gasteiger partial charge in [-0.2, -0.15) is 0 Å². The van der Waals surface area contributed by atoms with E-state index in [4.69, 9.17) is 10.5 Å². The van der Waals surface area contributed by atoms with Crippen molar-refractivity contribution in [2.45, 2.75) is 0 Å². The van der Waals surface area contributed by atoms with Crippen molar-refractivity contribution < 1.29 is 14.3 Å². The van der Waals surface area contributed by atoms with Crippen molar-refractivity contribution in [3.8, 4) is 5.75 Å². The molecule has 2 aromatic carbocycles. The highest BCUT2D eigenvalue weighted by Gasteiger charge is 2.12. The van der Waals surface area contributed by atoms with Crippen LogP contribution in [0, 0.1) is 0 Å². The zero-order chi connectivity index (χ0) is 13.8. The SMILES string of the molecule is NC(=O)c1ccc(OC(=O)c2ccccc2Br)cc1. The summed E-state index contributed by atoms with van der Waals surface area (Å²) in [7, 11) is 0. The van der Waals surface area contributed by atoms with Crippen LogP contribution in [0.4, 0.5) is 0 Å². The lowest BCUT2D eigenvalue weighted by atomic mass is 10.2. The molecule has 0 heterocycles. The Kier molecular flexibility index (Phi) is 3.97. The number of amides is 1. The number of nitrogens with two attached hydrogens (primary N) is 1. The maximum Gasteiger partial charge on any atom is 0.344 e. The lowest BCUT2D eigenvalue weighted by Gasteiger charge is -2.06. The standard InChI is InChI=1S/C14H10BrNO3/c15-12-4-2-1-3-11(12)14(18)19-10-7-5-9(6-8-10)13(16)17/h1-8H,(H2,16,17). The van der Waals surface area contributed by atoms with Gasteiger partial charge in [0.15, 0.2) is 0 Å². The van der Waals surface area contributed by atoms with Gasteiger partial charge in [0.25, 0.3) is 0 Å². The largest absolute Gasteiger partial charge is 0.423 e. The van der Waals surface area contributed by atoms with Crippen molar-refractivity contribution in [2.75, 3.05) is 0 Å². The van der Waals surface area contributed by atoms with E-state index in [0.717, 1.165) is 0 Å². The molecule has 1 amide bonds. The monoisotopic (exact) mass is 319 g/mol. The van der Waals surface area contributed by atoms with E-state index in [1.165, 1.54) is 24.3 Å². The molecule has 0 saturated heterocycles. The van der Waals surface area contributed by atoms with Gasteiger partial charge in [-0.25, -0.2) is 4.79 Å². The number of esters is 1. The molecule has 0 saturated carbocycles. The van der Waals surface area contributed by atoms with Gasteiger partial charge >= 0.3 is 5.97 Å². The van der Waals surface area contributed by atoms with Gasteiger partial charge < -0.3 is 10.5 Å². The fraction of sp³-hybridized carbons (Fsp3) is 0. The van der Waals surface area contributed by atoms with E-state index in [-0.39, 0.29) is 0 Å². The molecule has 0 aliphatic heterocycles. The maximum atomic E-state index is 11.9. The number of hydrogen-bond donors (Lipinski definition) is 1. The molecule has 19 heavy (non-hydrogen) atoms. The first kappa shape index (κ1) is 13.3. The second-order valence-corrected chi connectivity index (χ2v) is 4.61. The molecule has 4 nitrogen and oxygen atoms in total. The summed E-state index contributed by atoms with van der Waals surface area (Å²) < 4.78 is 5.86. The third-order valence-corrected chi connectivity index (χ3v) is 3.13. The Labute approximate surface area is 118 Å². The summed E-state index contributed by atoms with van der Waals surface area (Å²) in [5.74, 6) is -0.645. The van der Waals surface area contributed by atoms with Crippen LogP contribution in [0.5, 0.6) is 5.75 Å². The van der Waals surface area contributed by atoms with Crippen LogP contribution in [0.25, 0.3) is 0 Å². The van der Waals surface area contributed by atoms with E-state index in [0.29, 0.717) is 21.3 Å². The highest BCUT2D eigenvalue weighted by atomic mass is 79.9. The Bertz CT molecular complexity index is 623. The van der Waals surface area contributed by atoms with Crippen molar-refractivity contribution in [1.82, 2.24) is 0 Å². The fourth-order valence-electron chi connectivity index (χ4n) is 1.48. The summed E-state index contributed by atoms with van der Waals surface area (Å²) in [6.45, 7) is 0. The van der Waals surface area contributed by atoms with Crippen LogP contribution in [0.3, 0.4) is 0 Å². The van der Waals surface area contributed by atoms with E-state index in [1.54, 1.807) is 18.2 Å². The van der Waals surface area contributed by atoms with E-state index in [9.17, 15) is 9.59 Å². The molecule has 2 aromatic rings. The first-order chi connectivity index (χ1) is 9.08. The van der Waals surface area contributed by atoms with Gasteiger partial charge in [-0.1, -0.05) is 12.1 Å². The Hall–Kier alpha value is -2.14. The minimum absolute atomic E-state index is 0.353. The smallest absolute Gasteiger partial charge is 0.344 e. The molecular formula is C14H10BrNO3. The minimum Gasteiger partial charge on any atom is -0.423 e. The summed E-state index contributed by atoms with van der Waals surface area (Å²) in [5, 5.41) is 0. The van der Waals surface area contributed by atoms with Crippen LogP contribution in [0.2, 0.25) is 0 Å². The molecular weight excluding hydrogens is 310 g/mol. The first-order valence-corrected chi connectivity index (χ1v) is 6.24. The van der Waals surface area contributed by atoms with E-state index in [2.05, 4.69) is 15.9 Å². The molecule has 5 heteroatoms. The third-order valence-electron chi connectivity index (χ3n) is 2.44. The average Bonchev–Trinajstić information content (AvgIpc) is 2.39. The number of benzene rings is 2. The number of carbonyl (C=O) groups is 2. The molecule has 0 spiro atoms. The molecule has 0 aliphatic rings. The summed E-state index contributed by atoms with van der Waals surface area (Å²) in [5.41, 5.74) is 5.92. The number of halogens is 1. The molecule has 0 radical (unpaired) electrons. The number of ether oxygens (including phenoxy) is 1. The summed E-state index contributed by atoms with van der Waals surface area (Å²) in [6.07, 6.45) is 0. The van der Waals surface area contributed by atoms with E-state index < -0.39 is 11.9 Å². The van der Waals surface area contributed by atoms with Gasteiger partial charge in [0.2, 0.25) is 5.91 Å². The second-order valence-electron chi connectivity index (χ2n) is 3.76. The van der Waals surface area contributed by atoms with Crippen LogP contribution in [-0.4, -0.2) is 11.9 Å². The Balaban J connectivity index is 2.15. The van der Waals surface area contributed by atoms with Crippen molar-refractivity contribution in [2.24, 2.45) is 5.73 Å². The molecule has 96 valence electrons. The first-order valence-electron chi connectivity index (χ1n) is 5.44. The molecule has 2 rings (SSSR count). The summed E-state index contributed by atoms with van der Waals surface area (Å²) >= 11 is 3.28. The van der Waals surface area contributed by atoms with Crippen LogP contribution in [-0.2, 0) is 0 Å².